The molecule has 0 aliphatic carbocycles. The highest BCUT2D eigenvalue weighted by atomic mass is 16.3. The summed E-state index contributed by atoms with van der Waals surface area (Å²) in [6.45, 7) is 4.19. The van der Waals surface area contributed by atoms with Crippen molar-refractivity contribution in [1.82, 2.24) is 5.32 Å². The Hall–Kier alpha value is -1.43. The third-order valence-electron chi connectivity index (χ3n) is 9.90. The Morgan fingerprint density at radius 1 is 0.500 bits per heavy atom. The SMILES string of the molecule is CCCCCCCC/C=C\CCCCCCCC(O)CC(=O)NC(CO)C(O)/C=C/CC/C=C/CCCCCCCCCCCCCCCC. The molecule has 0 spiro atoms. The molecule has 0 saturated carbocycles. The first-order chi connectivity index (χ1) is 24.5. The van der Waals surface area contributed by atoms with Crippen LogP contribution in [0.1, 0.15) is 219 Å². The second-order valence-corrected chi connectivity index (χ2v) is 14.9. The van der Waals surface area contributed by atoms with Gasteiger partial charge in [0.2, 0.25) is 5.91 Å². The van der Waals surface area contributed by atoms with Crippen molar-refractivity contribution in [3.8, 4) is 0 Å². The number of aliphatic hydroxyl groups excluding tert-OH is 3. The maximum absolute atomic E-state index is 12.4. The number of aliphatic hydroxyl groups is 3. The highest BCUT2D eigenvalue weighted by molar-refractivity contribution is 5.76. The molecule has 0 aromatic rings. The zero-order valence-electron chi connectivity index (χ0n) is 33.3. The molecule has 3 atom stereocenters. The van der Waals surface area contributed by atoms with Crippen molar-refractivity contribution >= 4 is 5.91 Å². The van der Waals surface area contributed by atoms with Gasteiger partial charge in [-0.25, -0.2) is 0 Å². The predicted molar refractivity (Wildman–Crippen MR) is 218 cm³/mol. The Balaban J connectivity index is 3.73. The Morgan fingerprint density at radius 2 is 0.860 bits per heavy atom. The lowest BCUT2D eigenvalue weighted by atomic mass is 10.0. The summed E-state index contributed by atoms with van der Waals surface area (Å²) in [5, 5.41) is 33.2. The van der Waals surface area contributed by atoms with E-state index >= 15 is 0 Å². The summed E-state index contributed by atoms with van der Waals surface area (Å²) in [6.07, 6.45) is 50.0. The van der Waals surface area contributed by atoms with E-state index in [1.807, 2.05) is 6.08 Å². The van der Waals surface area contributed by atoms with Crippen molar-refractivity contribution in [3.63, 3.8) is 0 Å². The number of carbonyl (C=O) groups is 1. The van der Waals surface area contributed by atoms with Gasteiger partial charge in [0.05, 0.1) is 31.3 Å². The maximum atomic E-state index is 12.4. The van der Waals surface area contributed by atoms with E-state index in [2.05, 4.69) is 43.5 Å². The van der Waals surface area contributed by atoms with Crippen LogP contribution in [0.4, 0.5) is 0 Å². The fourth-order valence-corrected chi connectivity index (χ4v) is 6.53. The van der Waals surface area contributed by atoms with Crippen LogP contribution >= 0.6 is 0 Å². The second kappa shape index (κ2) is 40.3. The molecule has 50 heavy (non-hydrogen) atoms. The highest BCUT2D eigenvalue weighted by Gasteiger charge is 2.20. The molecule has 0 bridgehead atoms. The third-order valence-corrected chi connectivity index (χ3v) is 9.90. The molecular weight excluding hydrogens is 618 g/mol. The first-order valence-electron chi connectivity index (χ1n) is 21.8. The molecule has 294 valence electrons. The van der Waals surface area contributed by atoms with Gasteiger partial charge in [-0.05, 0) is 57.8 Å². The number of hydrogen-bond acceptors (Lipinski definition) is 4. The van der Waals surface area contributed by atoms with Crippen molar-refractivity contribution in [1.29, 1.82) is 0 Å². The van der Waals surface area contributed by atoms with Crippen LogP contribution in [0.25, 0.3) is 0 Å². The van der Waals surface area contributed by atoms with Crippen molar-refractivity contribution in [2.75, 3.05) is 6.61 Å². The number of hydrogen-bond donors (Lipinski definition) is 4. The molecular formula is C45H85NO4. The lowest BCUT2D eigenvalue weighted by Crippen LogP contribution is -2.45. The molecule has 0 fully saturated rings. The Kier molecular flexibility index (Phi) is 39.2. The topological polar surface area (TPSA) is 89.8 Å². The van der Waals surface area contributed by atoms with Crippen molar-refractivity contribution < 1.29 is 20.1 Å². The van der Waals surface area contributed by atoms with Crippen LogP contribution < -0.4 is 5.32 Å². The number of amides is 1. The Labute approximate surface area is 311 Å². The molecule has 0 heterocycles. The molecule has 0 aliphatic rings. The van der Waals surface area contributed by atoms with Gasteiger partial charge in [-0.15, -0.1) is 0 Å². The van der Waals surface area contributed by atoms with Gasteiger partial charge >= 0.3 is 0 Å². The minimum atomic E-state index is -0.953. The van der Waals surface area contributed by atoms with Crippen LogP contribution in [0, 0.1) is 0 Å². The normalized spacial score (nSPS) is 13.9. The maximum Gasteiger partial charge on any atom is 0.222 e. The Bertz CT molecular complexity index is 779. The van der Waals surface area contributed by atoms with Gasteiger partial charge in [0.25, 0.3) is 0 Å². The second-order valence-electron chi connectivity index (χ2n) is 14.9. The average molecular weight is 704 g/mol. The zero-order chi connectivity index (χ0) is 36.6. The van der Waals surface area contributed by atoms with Gasteiger partial charge in [-0.3, -0.25) is 4.79 Å². The van der Waals surface area contributed by atoms with Crippen LogP contribution in [0.5, 0.6) is 0 Å². The van der Waals surface area contributed by atoms with Crippen molar-refractivity contribution in [3.05, 3.63) is 36.5 Å². The zero-order valence-corrected chi connectivity index (χ0v) is 33.3. The van der Waals surface area contributed by atoms with Gasteiger partial charge in [0.1, 0.15) is 0 Å². The molecule has 0 aromatic heterocycles. The molecule has 1 amide bonds. The summed E-state index contributed by atoms with van der Waals surface area (Å²) in [7, 11) is 0. The largest absolute Gasteiger partial charge is 0.394 e. The van der Waals surface area contributed by atoms with Crippen molar-refractivity contribution in [2.24, 2.45) is 0 Å². The van der Waals surface area contributed by atoms with Crippen LogP contribution in [0.3, 0.4) is 0 Å². The lowest BCUT2D eigenvalue weighted by Gasteiger charge is -2.20. The number of nitrogens with one attached hydrogen (secondary N) is 1. The standard InChI is InChI=1S/C45H85NO4/c1-3-5-7-9-11-13-15-17-19-20-21-22-23-25-27-29-31-33-35-37-39-44(49)43(41-47)46-45(50)40-42(48)38-36-34-32-30-28-26-24-18-16-14-12-10-8-6-4-2/h18,24,29,31,37,39,42-44,47-49H,3-17,19-23,25-28,30,32-36,38,40-41H2,1-2H3,(H,46,50)/b24-18-,31-29+,39-37+. The number of allylic oxidation sites excluding steroid dienone is 5. The summed E-state index contributed by atoms with van der Waals surface area (Å²) in [4.78, 5) is 12.4. The van der Waals surface area contributed by atoms with E-state index in [-0.39, 0.29) is 18.9 Å². The molecule has 0 saturated heterocycles. The summed E-state index contributed by atoms with van der Waals surface area (Å²) < 4.78 is 0. The number of unbranched alkanes of at least 4 members (excludes halogenated alkanes) is 26. The van der Waals surface area contributed by atoms with E-state index in [0.717, 1.165) is 44.9 Å². The molecule has 0 rings (SSSR count). The van der Waals surface area contributed by atoms with E-state index < -0.39 is 18.2 Å². The molecule has 0 aliphatic heterocycles. The number of rotatable bonds is 39. The van der Waals surface area contributed by atoms with Crippen LogP contribution in [0.2, 0.25) is 0 Å². The summed E-state index contributed by atoms with van der Waals surface area (Å²) in [5.74, 6) is -0.330. The molecule has 3 unspecified atom stereocenters. The van der Waals surface area contributed by atoms with Crippen LogP contribution in [-0.4, -0.2) is 46.1 Å². The fourth-order valence-electron chi connectivity index (χ4n) is 6.53. The van der Waals surface area contributed by atoms with E-state index in [1.54, 1.807) is 6.08 Å². The van der Waals surface area contributed by atoms with E-state index in [0.29, 0.717) is 6.42 Å². The summed E-state index contributed by atoms with van der Waals surface area (Å²) in [5.41, 5.74) is 0. The van der Waals surface area contributed by atoms with Gasteiger partial charge in [-0.2, -0.15) is 0 Å². The lowest BCUT2D eigenvalue weighted by molar-refractivity contribution is -0.124. The third kappa shape index (κ3) is 36.4. The first kappa shape index (κ1) is 48.6. The van der Waals surface area contributed by atoms with E-state index in [4.69, 9.17) is 0 Å². The van der Waals surface area contributed by atoms with Crippen molar-refractivity contribution in [2.45, 2.75) is 238 Å². The minimum Gasteiger partial charge on any atom is -0.394 e. The van der Waals surface area contributed by atoms with Gasteiger partial charge < -0.3 is 20.6 Å². The summed E-state index contributed by atoms with van der Waals surface area (Å²) >= 11 is 0. The Morgan fingerprint density at radius 3 is 1.28 bits per heavy atom. The molecule has 5 nitrogen and oxygen atoms in total. The monoisotopic (exact) mass is 704 g/mol. The van der Waals surface area contributed by atoms with Crippen LogP contribution in [-0.2, 0) is 4.79 Å². The fraction of sp³-hybridized carbons (Fsp3) is 0.844. The summed E-state index contributed by atoms with van der Waals surface area (Å²) in [6, 6.07) is -0.762. The predicted octanol–water partition coefficient (Wildman–Crippen LogP) is 12.4. The first-order valence-corrected chi connectivity index (χ1v) is 21.8. The molecule has 4 N–H and O–H groups in total. The smallest absolute Gasteiger partial charge is 0.222 e. The molecule has 5 heteroatoms. The van der Waals surface area contributed by atoms with Crippen LogP contribution in [0.15, 0.2) is 36.5 Å². The van der Waals surface area contributed by atoms with Gasteiger partial charge in [0, 0.05) is 0 Å². The van der Waals surface area contributed by atoms with Gasteiger partial charge in [-0.1, -0.05) is 192 Å². The quantitative estimate of drug-likeness (QED) is 0.0379. The minimum absolute atomic E-state index is 0.000433. The van der Waals surface area contributed by atoms with Gasteiger partial charge in [0.15, 0.2) is 0 Å². The molecule has 0 radical (unpaired) electrons. The molecule has 0 aromatic carbocycles. The van der Waals surface area contributed by atoms with E-state index in [1.165, 1.54) is 148 Å². The highest BCUT2D eigenvalue weighted by Crippen LogP contribution is 2.15. The van der Waals surface area contributed by atoms with E-state index in [9.17, 15) is 20.1 Å². The average Bonchev–Trinajstić information content (AvgIpc) is 3.11. The number of carbonyl (C=O) groups excluding carboxylic acids is 1.